The highest BCUT2D eigenvalue weighted by atomic mass is 32.2. The molecule has 0 saturated carbocycles. The summed E-state index contributed by atoms with van der Waals surface area (Å²) in [4.78, 5) is 14.6. The maximum absolute atomic E-state index is 12.5. The van der Waals surface area contributed by atoms with Crippen molar-refractivity contribution in [2.24, 2.45) is 10.3 Å². The summed E-state index contributed by atoms with van der Waals surface area (Å²) in [5.74, 6) is 0.330. The smallest absolute Gasteiger partial charge is 0.316 e. The van der Waals surface area contributed by atoms with Crippen molar-refractivity contribution < 1.29 is 17.9 Å². The Morgan fingerprint density at radius 2 is 1.81 bits per heavy atom. The molecule has 2 aromatic rings. The summed E-state index contributed by atoms with van der Waals surface area (Å²) in [5.41, 5.74) is 0.601. The number of carbonyl (C=O) groups excluding carboxylic acids is 1. The van der Waals surface area contributed by atoms with Crippen LogP contribution in [0.3, 0.4) is 0 Å². The minimum atomic E-state index is -3.66. The molecule has 0 spiro atoms. The van der Waals surface area contributed by atoms with E-state index in [0.29, 0.717) is 36.7 Å². The lowest BCUT2D eigenvalue weighted by molar-refractivity contribution is -0.140. The summed E-state index contributed by atoms with van der Waals surface area (Å²) in [6.07, 6.45) is 1.49. The van der Waals surface area contributed by atoms with Crippen molar-refractivity contribution in [1.29, 1.82) is 0 Å². The van der Waals surface area contributed by atoms with Crippen molar-refractivity contribution in [2.75, 3.05) is 13.1 Å². The fourth-order valence-electron chi connectivity index (χ4n) is 3.37. The van der Waals surface area contributed by atoms with Crippen molar-refractivity contribution in [3.8, 4) is 5.75 Å². The third kappa shape index (κ3) is 3.10. The highest BCUT2D eigenvalue weighted by molar-refractivity contribution is 7.90. The van der Waals surface area contributed by atoms with E-state index in [1.165, 1.54) is 0 Å². The number of hydrogen-bond acceptors (Lipinski definition) is 5. The van der Waals surface area contributed by atoms with Gasteiger partial charge in [0.25, 0.3) is 10.0 Å². The molecule has 6 nitrogen and oxygen atoms in total. The van der Waals surface area contributed by atoms with Crippen LogP contribution in [0.25, 0.3) is 0 Å². The molecule has 2 heterocycles. The van der Waals surface area contributed by atoms with Crippen LogP contribution in [0.4, 0.5) is 0 Å². The van der Waals surface area contributed by atoms with Crippen molar-refractivity contribution in [3.63, 3.8) is 0 Å². The first kappa shape index (κ1) is 16.8. The van der Waals surface area contributed by atoms with Crippen LogP contribution in [0.2, 0.25) is 0 Å². The molecule has 1 unspecified atom stereocenters. The quantitative estimate of drug-likeness (QED) is 0.600. The van der Waals surface area contributed by atoms with Gasteiger partial charge < -0.3 is 9.64 Å². The van der Waals surface area contributed by atoms with Crippen molar-refractivity contribution in [3.05, 3.63) is 60.2 Å². The normalized spacial score (nSPS) is 21.0. The number of ether oxygens (including phenoxy) is 1. The zero-order chi connectivity index (χ0) is 18.1. The summed E-state index contributed by atoms with van der Waals surface area (Å²) in [7, 11) is -3.66. The summed E-state index contributed by atoms with van der Waals surface area (Å²) in [5, 5.41) is 0. The minimum Gasteiger partial charge on any atom is -0.426 e. The first-order valence-electron chi connectivity index (χ1n) is 8.51. The number of hydrogen-bond donors (Lipinski definition) is 0. The van der Waals surface area contributed by atoms with Gasteiger partial charge in [0.05, 0.1) is 5.92 Å². The molecule has 2 aliphatic rings. The molecule has 0 amide bonds. The van der Waals surface area contributed by atoms with Crippen LogP contribution < -0.4 is 4.74 Å². The molecule has 1 fully saturated rings. The average Bonchev–Trinajstić information content (AvgIpc) is 2.94. The molecule has 4 rings (SSSR count). The van der Waals surface area contributed by atoms with Gasteiger partial charge in [-0.15, -0.1) is 4.40 Å². The SMILES string of the molecule is O=C(Oc1ccccc1)C1CCCN(C2=NS(=O)(=O)c3ccccc32)C1. The second kappa shape index (κ2) is 6.57. The van der Waals surface area contributed by atoms with Crippen LogP contribution in [0.1, 0.15) is 18.4 Å². The van der Waals surface area contributed by atoms with Crippen LogP contribution in [-0.4, -0.2) is 38.2 Å². The van der Waals surface area contributed by atoms with E-state index in [1.54, 1.807) is 36.4 Å². The Morgan fingerprint density at radius 3 is 2.62 bits per heavy atom. The topological polar surface area (TPSA) is 76.0 Å². The molecule has 0 radical (unpaired) electrons. The predicted molar refractivity (Wildman–Crippen MR) is 96.5 cm³/mol. The Bertz CT molecular complexity index is 970. The molecule has 0 aliphatic carbocycles. The minimum absolute atomic E-state index is 0.226. The largest absolute Gasteiger partial charge is 0.426 e. The maximum Gasteiger partial charge on any atom is 0.316 e. The number of benzene rings is 2. The number of nitrogens with zero attached hydrogens (tertiary/aromatic N) is 2. The molecule has 1 saturated heterocycles. The number of para-hydroxylation sites is 1. The van der Waals surface area contributed by atoms with Crippen LogP contribution in [0, 0.1) is 5.92 Å². The Hall–Kier alpha value is -2.67. The van der Waals surface area contributed by atoms with E-state index in [9.17, 15) is 13.2 Å². The molecule has 7 heteroatoms. The van der Waals surface area contributed by atoms with Gasteiger partial charge in [-0.05, 0) is 37.1 Å². The maximum atomic E-state index is 12.5. The van der Waals surface area contributed by atoms with Gasteiger partial charge in [-0.2, -0.15) is 8.42 Å². The summed E-state index contributed by atoms with van der Waals surface area (Å²) < 4.78 is 33.9. The molecule has 0 aromatic heterocycles. The number of esters is 1. The van der Waals surface area contributed by atoms with Crippen LogP contribution in [0.15, 0.2) is 63.9 Å². The molecule has 0 N–H and O–H groups in total. The number of fused-ring (bicyclic) bond motifs is 1. The Kier molecular flexibility index (Phi) is 4.24. The zero-order valence-corrected chi connectivity index (χ0v) is 14.9. The van der Waals surface area contributed by atoms with Gasteiger partial charge >= 0.3 is 5.97 Å². The van der Waals surface area contributed by atoms with E-state index in [-0.39, 0.29) is 16.8 Å². The van der Waals surface area contributed by atoms with E-state index >= 15 is 0 Å². The average molecular weight is 370 g/mol. The predicted octanol–water partition coefficient (Wildman–Crippen LogP) is 2.45. The fourth-order valence-corrected chi connectivity index (χ4v) is 4.59. The number of likely N-dealkylation sites (tertiary alicyclic amines) is 1. The monoisotopic (exact) mass is 370 g/mol. The van der Waals surface area contributed by atoms with Crippen LogP contribution in [0.5, 0.6) is 5.75 Å². The zero-order valence-electron chi connectivity index (χ0n) is 14.0. The Balaban J connectivity index is 1.54. The van der Waals surface area contributed by atoms with Gasteiger partial charge in [-0.3, -0.25) is 4.79 Å². The van der Waals surface area contributed by atoms with E-state index in [2.05, 4.69) is 4.40 Å². The van der Waals surface area contributed by atoms with Gasteiger partial charge in [0.15, 0.2) is 5.84 Å². The number of carbonyl (C=O) groups is 1. The third-order valence-electron chi connectivity index (χ3n) is 4.63. The third-order valence-corrected chi connectivity index (χ3v) is 5.95. The van der Waals surface area contributed by atoms with E-state index in [0.717, 1.165) is 6.42 Å². The molecule has 2 aliphatic heterocycles. The fraction of sp³-hybridized carbons (Fsp3) is 0.263. The molecule has 134 valence electrons. The lowest BCUT2D eigenvalue weighted by Gasteiger charge is -2.32. The van der Waals surface area contributed by atoms with E-state index < -0.39 is 10.0 Å². The van der Waals surface area contributed by atoms with Gasteiger partial charge in [-0.1, -0.05) is 30.3 Å². The lowest BCUT2D eigenvalue weighted by Crippen LogP contribution is -2.43. The molecular weight excluding hydrogens is 352 g/mol. The molecular formula is C19H18N2O4S. The van der Waals surface area contributed by atoms with Crippen molar-refractivity contribution >= 4 is 21.8 Å². The number of rotatable bonds is 2. The molecule has 26 heavy (non-hydrogen) atoms. The molecule has 0 bridgehead atoms. The lowest BCUT2D eigenvalue weighted by atomic mass is 9.97. The van der Waals surface area contributed by atoms with Crippen molar-refractivity contribution in [1.82, 2.24) is 4.90 Å². The number of sulfonamides is 1. The van der Waals surface area contributed by atoms with Gasteiger partial charge in [-0.25, -0.2) is 0 Å². The van der Waals surface area contributed by atoms with E-state index in [1.807, 2.05) is 23.1 Å². The highest BCUT2D eigenvalue weighted by Crippen LogP contribution is 2.30. The van der Waals surface area contributed by atoms with Crippen LogP contribution >= 0.6 is 0 Å². The van der Waals surface area contributed by atoms with Gasteiger partial charge in [0.1, 0.15) is 10.6 Å². The second-order valence-corrected chi connectivity index (χ2v) is 7.98. The first-order valence-corrected chi connectivity index (χ1v) is 9.95. The first-order chi connectivity index (χ1) is 12.5. The van der Waals surface area contributed by atoms with E-state index in [4.69, 9.17) is 4.74 Å². The number of amidine groups is 1. The Morgan fingerprint density at radius 1 is 1.08 bits per heavy atom. The van der Waals surface area contributed by atoms with Crippen molar-refractivity contribution in [2.45, 2.75) is 17.7 Å². The highest BCUT2D eigenvalue weighted by Gasteiger charge is 2.35. The van der Waals surface area contributed by atoms with Gasteiger partial charge in [0.2, 0.25) is 0 Å². The number of piperidine rings is 1. The summed E-state index contributed by atoms with van der Waals surface area (Å²) in [6.45, 7) is 1.06. The van der Waals surface area contributed by atoms with Crippen LogP contribution in [-0.2, 0) is 14.8 Å². The van der Waals surface area contributed by atoms with Gasteiger partial charge in [0, 0.05) is 18.7 Å². The summed E-state index contributed by atoms with van der Waals surface area (Å²) >= 11 is 0. The standard InChI is InChI=1S/C19H18N2O4S/c22-19(25-15-8-2-1-3-9-15)14-7-6-12-21(13-14)18-16-10-4-5-11-17(16)26(23,24)20-18/h1-5,8-11,14H,6-7,12-13H2. The Labute approximate surface area is 152 Å². The molecule has 1 atom stereocenters. The second-order valence-electron chi connectivity index (χ2n) is 6.41. The molecule has 2 aromatic carbocycles. The summed E-state index contributed by atoms with van der Waals surface area (Å²) in [6, 6.07) is 15.7.